The van der Waals surface area contributed by atoms with E-state index < -0.39 is 12.1 Å². The molecule has 0 aliphatic rings. The highest BCUT2D eigenvalue weighted by Crippen LogP contribution is 2.31. The van der Waals surface area contributed by atoms with Gasteiger partial charge in [-0.05, 0) is 58.0 Å². The van der Waals surface area contributed by atoms with Crippen molar-refractivity contribution in [1.29, 1.82) is 0 Å². The van der Waals surface area contributed by atoms with Crippen LogP contribution >= 0.6 is 45.8 Å². The van der Waals surface area contributed by atoms with Gasteiger partial charge in [-0.1, -0.05) is 41.4 Å². The number of rotatable bonds is 3. The van der Waals surface area contributed by atoms with Crippen LogP contribution in [-0.4, -0.2) is 5.11 Å². The minimum Gasteiger partial charge on any atom is -0.386 e. The molecule has 2 aromatic rings. The Morgan fingerprint density at radius 1 is 0.947 bits per heavy atom. The van der Waals surface area contributed by atoms with Crippen LogP contribution in [0.15, 0.2) is 42.5 Å². The molecule has 2 unspecified atom stereocenters. The van der Waals surface area contributed by atoms with Crippen LogP contribution in [0.5, 0.6) is 0 Å². The van der Waals surface area contributed by atoms with Crippen LogP contribution in [0, 0.1) is 3.57 Å². The fraction of sp³-hybridized carbons (Fsp3) is 0.143. The van der Waals surface area contributed by atoms with Gasteiger partial charge in [-0.25, -0.2) is 0 Å². The number of halogens is 3. The molecule has 0 amide bonds. The van der Waals surface area contributed by atoms with Crippen molar-refractivity contribution in [3.63, 3.8) is 0 Å². The van der Waals surface area contributed by atoms with Crippen LogP contribution in [0.2, 0.25) is 10.0 Å². The predicted molar refractivity (Wildman–Crippen MR) is 87.5 cm³/mol. The van der Waals surface area contributed by atoms with Crippen molar-refractivity contribution in [2.24, 2.45) is 5.73 Å². The minimum atomic E-state index is -0.783. The molecular weight excluding hydrogens is 396 g/mol. The summed E-state index contributed by atoms with van der Waals surface area (Å²) in [5.74, 6) is 0. The van der Waals surface area contributed by atoms with Crippen LogP contribution in [0.25, 0.3) is 0 Å². The summed E-state index contributed by atoms with van der Waals surface area (Å²) >= 11 is 14.0. The Hall–Kier alpha value is -0.330. The fourth-order valence-corrected chi connectivity index (χ4v) is 2.44. The van der Waals surface area contributed by atoms with Gasteiger partial charge < -0.3 is 10.8 Å². The molecule has 0 radical (unpaired) electrons. The van der Waals surface area contributed by atoms with Gasteiger partial charge in [0.1, 0.15) is 0 Å². The molecule has 2 rings (SSSR count). The lowest BCUT2D eigenvalue weighted by molar-refractivity contribution is 0.147. The Kier molecular flexibility index (Phi) is 5.09. The third-order valence-corrected chi connectivity index (χ3v) is 4.34. The van der Waals surface area contributed by atoms with E-state index in [2.05, 4.69) is 22.6 Å². The van der Waals surface area contributed by atoms with Gasteiger partial charge in [0.2, 0.25) is 0 Å². The molecule has 0 aliphatic heterocycles. The maximum absolute atomic E-state index is 10.3. The third kappa shape index (κ3) is 3.61. The Morgan fingerprint density at radius 2 is 1.53 bits per heavy atom. The molecule has 0 saturated carbocycles. The summed E-state index contributed by atoms with van der Waals surface area (Å²) in [6, 6.07) is 12.2. The number of aliphatic hydroxyl groups is 1. The number of benzene rings is 2. The first-order valence-corrected chi connectivity index (χ1v) is 7.46. The normalized spacial score (nSPS) is 14.2. The van der Waals surface area contributed by atoms with Crippen LogP contribution in [0.4, 0.5) is 0 Å². The SMILES string of the molecule is NC(c1ccc(Cl)c(Cl)c1)C(O)c1ccc(I)cc1. The van der Waals surface area contributed by atoms with E-state index in [4.69, 9.17) is 28.9 Å². The first kappa shape index (κ1) is 15.1. The zero-order valence-electron chi connectivity index (χ0n) is 9.85. The zero-order chi connectivity index (χ0) is 14.0. The van der Waals surface area contributed by atoms with Gasteiger partial charge in [0.15, 0.2) is 0 Å². The van der Waals surface area contributed by atoms with E-state index in [0.717, 1.165) is 14.7 Å². The van der Waals surface area contributed by atoms with Gasteiger partial charge in [0, 0.05) is 3.57 Å². The predicted octanol–water partition coefficient (Wildman–Crippen LogP) is 4.33. The van der Waals surface area contributed by atoms with Gasteiger partial charge in [0.05, 0.1) is 22.2 Å². The quantitative estimate of drug-likeness (QED) is 0.743. The van der Waals surface area contributed by atoms with Crippen LogP contribution < -0.4 is 5.73 Å². The topological polar surface area (TPSA) is 46.2 Å². The highest BCUT2D eigenvalue weighted by Gasteiger charge is 2.19. The third-order valence-electron chi connectivity index (χ3n) is 2.88. The molecule has 5 heteroatoms. The van der Waals surface area contributed by atoms with E-state index in [1.165, 1.54) is 0 Å². The summed E-state index contributed by atoms with van der Waals surface area (Å²) in [4.78, 5) is 0. The molecule has 0 spiro atoms. The standard InChI is InChI=1S/C14H12Cl2INO/c15-11-6-3-9(7-12(11)16)13(18)14(19)8-1-4-10(17)5-2-8/h1-7,13-14,19H,18H2. The molecule has 3 N–H and O–H groups in total. The smallest absolute Gasteiger partial charge is 0.0982 e. The summed E-state index contributed by atoms with van der Waals surface area (Å²) < 4.78 is 1.11. The lowest BCUT2D eigenvalue weighted by Gasteiger charge is -2.20. The molecular formula is C14H12Cl2INO. The van der Waals surface area contributed by atoms with Gasteiger partial charge in [-0.2, -0.15) is 0 Å². The molecule has 2 atom stereocenters. The Labute approximate surface area is 135 Å². The van der Waals surface area contributed by atoms with Crippen LogP contribution in [0.1, 0.15) is 23.3 Å². The molecule has 19 heavy (non-hydrogen) atoms. The van der Waals surface area contributed by atoms with Gasteiger partial charge >= 0.3 is 0 Å². The minimum absolute atomic E-state index is 0.435. The second-order valence-electron chi connectivity index (χ2n) is 4.20. The average Bonchev–Trinajstić information content (AvgIpc) is 2.41. The molecule has 0 saturated heterocycles. The number of hydrogen-bond donors (Lipinski definition) is 2. The fourth-order valence-electron chi connectivity index (χ4n) is 1.77. The summed E-state index contributed by atoms with van der Waals surface area (Å²) in [5.41, 5.74) is 7.60. The summed E-state index contributed by atoms with van der Waals surface area (Å²) in [6.07, 6.45) is -0.783. The Bertz CT molecular complexity index is 574. The first-order valence-electron chi connectivity index (χ1n) is 5.63. The molecule has 2 aromatic carbocycles. The van der Waals surface area contributed by atoms with Gasteiger partial charge in [-0.15, -0.1) is 0 Å². The van der Waals surface area contributed by atoms with E-state index in [1.807, 2.05) is 24.3 Å². The summed E-state index contributed by atoms with van der Waals surface area (Å²) in [6.45, 7) is 0. The highest BCUT2D eigenvalue weighted by atomic mass is 127. The maximum atomic E-state index is 10.3. The molecule has 2 nitrogen and oxygen atoms in total. The van der Waals surface area contributed by atoms with E-state index in [-0.39, 0.29) is 0 Å². The van der Waals surface area contributed by atoms with Crippen molar-refractivity contribution in [2.45, 2.75) is 12.1 Å². The van der Waals surface area contributed by atoms with E-state index in [0.29, 0.717) is 10.0 Å². The van der Waals surface area contributed by atoms with Crippen LogP contribution in [-0.2, 0) is 0 Å². The number of nitrogens with two attached hydrogens (primary N) is 1. The van der Waals surface area contributed by atoms with E-state index in [9.17, 15) is 5.11 Å². The Morgan fingerprint density at radius 3 is 2.11 bits per heavy atom. The van der Waals surface area contributed by atoms with E-state index in [1.54, 1.807) is 18.2 Å². The molecule has 0 aliphatic carbocycles. The summed E-state index contributed by atoms with van der Waals surface area (Å²) in [7, 11) is 0. The largest absolute Gasteiger partial charge is 0.386 e. The van der Waals surface area contributed by atoms with Crippen molar-refractivity contribution < 1.29 is 5.11 Å². The second kappa shape index (κ2) is 6.41. The maximum Gasteiger partial charge on any atom is 0.0982 e. The molecule has 100 valence electrons. The lowest BCUT2D eigenvalue weighted by Crippen LogP contribution is -2.19. The highest BCUT2D eigenvalue weighted by molar-refractivity contribution is 14.1. The van der Waals surface area contributed by atoms with Crippen molar-refractivity contribution in [1.82, 2.24) is 0 Å². The van der Waals surface area contributed by atoms with Crippen molar-refractivity contribution >= 4 is 45.8 Å². The molecule has 0 heterocycles. The lowest BCUT2D eigenvalue weighted by atomic mass is 9.97. The number of aliphatic hydroxyl groups excluding tert-OH is 1. The summed E-state index contributed by atoms with van der Waals surface area (Å²) in [5, 5.41) is 11.2. The monoisotopic (exact) mass is 407 g/mol. The van der Waals surface area contributed by atoms with Gasteiger partial charge in [-0.3, -0.25) is 0 Å². The van der Waals surface area contributed by atoms with Crippen molar-refractivity contribution in [3.05, 3.63) is 67.2 Å². The van der Waals surface area contributed by atoms with Crippen molar-refractivity contribution in [3.8, 4) is 0 Å². The van der Waals surface area contributed by atoms with Gasteiger partial charge in [0.25, 0.3) is 0 Å². The van der Waals surface area contributed by atoms with Crippen molar-refractivity contribution in [2.75, 3.05) is 0 Å². The van der Waals surface area contributed by atoms with Crippen LogP contribution in [0.3, 0.4) is 0 Å². The number of hydrogen-bond acceptors (Lipinski definition) is 2. The average molecular weight is 408 g/mol. The molecule has 0 bridgehead atoms. The van der Waals surface area contributed by atoms with E-state index >= 15 is 0 Å². The molecule has 0 aromatic heterocycles. The first-order chi connectivity index (χ1) is 8.99. The second-order valence-corrected chi connectivity index (χ2v) is 6.26. The Balaban J connectivity index is 2.25. The molecule has 0 fully saturated rings. The zero-order valence-corrected chi connectivity index (χ0v) is 13.5.